The average Bonchev–Trinajstić information content (AvgIpc) is 3.02. The zero-order chi connectivity index (χ0) is 41.2. The van der Waals surface area contributed by atoms with E-state index in [0.717, 1.165) is 6.92 Å². The molecule has 0 saturated heterocycles. The molecule has 0 aliphatic carbocycles. The summed E-state index contributed by atoms with van der Waals surface area (Å²) in [5.74, 6) is -11.7. The van der Waals surface area contributed by atoms with Gasteiger partial charge in [-0.3, -0.25) is 47.7 Å². The Morgan fingerprint density at radius 3 is 1.51 bits per heavy atom. The maximum atomic E-state index is 13.2. The first-order chi connectivity index (χ1) is 24.4. The molecule has 24 nitrogen and oxygen atoms in total. The highest BCUT2D eigenvalue weighted by Crippen LogP contribution is 2.35. The molecule has 0 aliphatic rings. The minimum absolute atomic E-state index is 0.0246. The molecule has 25 heteroatoms. The van der Waals surface area contributed by atoms with E-state index in [9.17, 15) is 67.4 Å². The van der Waals surface area contributed by atoms with Gasteiger partial charge in [0.05, 0.1) is 31.5 Å². The van der Waals surface area contributed by atoms with Crippen molar-refractivity contribution in [2.75, 3.05) is 6.61 Å². The van der Waals surface area contributed by atoms with Gasteiger partial charge in [0.15, 0.2) is 0 Å². The maximum absolute atomic E-state index is 13.2. The number of carbonyl (C=O) groups excluding carboxylic acids is 7. The van der Waals surface area contributed by atoms with E-state index in [0.29, 0.717) is 0 Å². The van der Waals surface area contributed by atoms with E-state index in [2.05, 4.69) is 20.5 Å². The van der Waals surface area contributed by atoms with Gasteiger partial charge in [0, 0.05) is 6.42 Å². The zero-order valence-electron chi connectivity index (χ0n) is 29.1. The van der Waals surface area contributed by atoms with Crippen LogP contribution in [-0.2, 0) is 57.0 Å². The van der Waals surface area contributed by atoms with E-state index < -0.39 is 129 Å². The number of carboxylic acids is 3. The number of rotatable bonds is 25. The third-order valence-electron chi connectivity index (χ3n) is 6.74. The summed E-state index contributed by atoms with van der Waals surface area (Å²) in [6.07, 6.45) is -2.61. The van der Waals surface area contributed by atoms with Crippen LogP contribution in [0, 0.1) is 5.92 Å². The second kappa shape index (κ2) is 22.8. The Bertz CT molecular complexity index is 1420. The van der Waals surface area contributed by atoms with Gasteiger partial charge in [0.1, 0.15) is 36.5 Å². The standard InChI is InChI=1S/C28H46N7O17P/c1-12(2)7-16(32-24(44)15(29)5-6-20(37)38)26(46)31-14(4)23(43)35-19(11-52-53(49,50)51)28(48)34-18(9-22(41)42)27(47)33-17(8-21(39)40)25(45)30-13(3)10-36/h10,12-19H,5-9,11,29H2,1-4H3,(H,30,45)(H,31,46)(H,32,44)(H,33,47)(H,34,48)(H,35,43)(H,37,38)(H,39,40)(H,41,42)(H2,49,50,51)/t13-,14-,15-,16-,17-,18-,19-/m0/s1. The van der Waals surface area contributed by atoms with E-state index >= 15 is 0 Å². The van der Waals surface area contributed by atoms with Crippen LogP contribution in [-0.4, -0.2) is 134 Å². The molecular formula is C28H46N7O17P. The quantitative estimate of drug-likeness (QED) is 0.0306. The summed E-state index contributed by atoms with van der Waals surface area (Å²) in [6.45, 7) is 4.45. The van der Waals surface area contributed by atoms with Crippen molar-refractivity contribution in [2.24, 2.45) is 11.7 Å². The summed E-state index contributed by atoms with van der Waals surface area (Å²) in [5, 5.41) is 39.9. The Hall–Kier alpha value is -5.03. The van der Waals surface area contributed by atoms with Gasteiger partial charge in [-0.05, 0) is 32.6 Å². The van der Waals surface area contributed by atoms with Crippen molar-refractivity contribution < 1.29 is 82.1 Å². The average molecular weight is 784 g/mol. The van der Waals surface area contributed by atoms with Crippen molar-refractivity contribution in [2.45, 2.75) is 102 Å². The second-order valence-electron chi connectivity index (χ2n) is 12.1. The van der Waals surface area contributed by atoms with Gasteiger partial charge in [-0.1, -0.05) is 13.8 Å². The van der Waals surface area contributed by atoms with E-state index in [1.54, 1.807) is 13.8 Å². The molecule has 0 spiro atoms. The first kappa shape index (κ1) is 48.0. The smallest absolute Gasteiger partial charge is 0.469 e. The van der Waals surface area contributed by atoms with Crippen LogP contribution in [0.1, 0.15) is 59.8 Å². The normalized spacial score (nSPS) is 15.2. The molecule has 300 valence electrons. The minimum Gasteiger partial charge on any atom is -0.481 e. The van der Waals surface area contributed by atoms with E-state index in [-0.39, 0.29) is 25.0 Å². The van der Waals surface area contributed by atoms with Crippen molar-refractivity contribution in [3.63, 3.8) is 0 Å². The Labute approximate surface area is 301 Å². The SMILES string of the molecule is CC(C)C[C@H](NC(=O)[C@@H](N)CCC(=O)O)C(=O)N[C@@H](C)C(=O)N[C@@H](COP(=O)(O)O)C(=O)N[C@@H](CC(=O)O)C(=O)N[C@@H](CC(=O)O)C(=O)N[C@@H](C)C=O. The Morgan fingerprint density at radius 1 is 0.642 bits per heavy atom. The summed E-state index contributed by atoms with van der Waals surface area (Å²) < 4.78 is 15.7. The highest BCUT2D eigenvalue weighted by Gasteiger charge is 2.34. The molecule has 0 heterocycles. The molecule has 53 heavy (non-hydrogen) atoms. The predicted octanol–water partition coefficient (Wildman–Crippen LogP) is -4.57. The van der Waals surface area contributed by atoms with Crippen molar-refractivity contribution in [3.05, 3.63) is 0 Å². The molecule has 0 rings (SSSR count). The molecule has 0 fully saturated rings. The molecular weight excluding hydrogens is 737 g/mol. The molecule has 7 atom stereocenters. The largest absolute Gasteiger partial charge is 0.481 e. The number of hydrogen-bond acceptors (Lipinski definition) is 13. The number of phosphoric acid groups is 1. The molecule has 0 saturated carbocycles. The van der Waals surface area contributed by atoms with Gasteiger partial charge in [-0.25, -0.2) is 4.57 Å². The van der Waals surface area contributed by atoms with Crippen LogP contribution in [0.4, 0.5) is 0 Å². The zero-order valence-corrected chi connectivity index (χ0v) is 30.0. The summed E-state index contributed by atoms with van der Waals surface area (Å²) in [5.41, 5.74) is 5.71. The monoisotopic (exact) mass is 783 g/mol. The molecule has 0 unspecified atom stereocenters. The molecule has 0 aromatic heterocycles. The summed E-state index contributed by atoms with van der Waals surface area (Å²) >= 11 is 0. The first-order valence-electron chi connectivity index (χ1n) is 15.7. The van der Waals surface area contributed by atoms with Gasteiger partial charge in [-0.15, -0.1) is 0 Å². The minimum atomic E-state index is -5.32. The molecule has 0 radical (unpaired) electrons. The van der Waals surface area contributed by atoms with E-state index in [4.69, 9.17) is 15.9 Å². The van der Waals surface area contributed by atoms with Crippen LogP contribution in [0.2, 0.25) is 0 Å². The lowest BCUT2D eigenvalue weighted by atomic mass is 10.0. The van der Waals surface area contributed by atoms with Gasteiger partial charge in [0.2, 0.25) is 35.4 Å². The highest BCUT2D eigenvalue weighted by molar-refractivity contribution is 7.46. The molecule has 6 amide bonds. The molecule has 0 aromatic carbocycles. The van der Waals surface area contributed by atoms with Crippen LogP contribution in [0.3, 0.4) is 0 Å². The number of amides is 6. The summed E-state index contributed by atoms with van der Waals surface area (Å²) in [4.78, 5) is 140. The van der Waals surface area contributed by atoms with Gasteiger partial charge in [0.25, 0.3) is 0 Å². The topological polar surface area (TPSA) is 396 Å². The van der Waals surface area contributed by atoms with E-state index in [1.807, 2.05) is 16.0 Å². The van der Waals surface area contributed by atoms with Crippen molar-refractivity contribution in [1.82, 2.24) is 31.9 Å². The molecule has 13 N–H and O–H groups in total. The maximum Gasteiger partial charge on any atom is 0.469 e. The Morgan fingerprint density at radius 2 is 1.08 bits per heavy atom. The lowest BCUT2D eigenvalue weighted by molar-refractivity contribution is -0.143. The number of carboxylic acid groups (broad SMARTS) is 3. The van der Waals surface area contributed by atoms with E-state index in [1.165, 1.54) is 6.92 Å². The number of nitrogens with two attached hydrogens (primary N) is 1. The van der Waals surface area contributed by atoms with Crippen molar-refractivity contribution in [3.8, 4) is 0 Å². The summed E-state index contributed by atoms with van der Waals surface area (Å²) in [7, 11) is -5.32. The fourth-order valence-electron chi connectivity index (χ4n) is 4.09. The van der Waals surface area contributed by atoms with Crippen LogP contribution in [0.15, 0.2) is 0 Å². The van der Waals surface area contributed by atoms with Gasteiger partial charge in [-0.2, -0.15) is 0 Å². The number of carbonyl (C=O) groups is 10. The highest BCUT2D eigenvalue weighted by atomic mass is 31.2. The van der Waals surface area contributed by atoms with Crippen LogP contribution >= 0.6 is 7.82 Å². The van der Waals surface area contributed by atoms with Crippen LogP contribution in [0.25, 0.3) is 0 Å². The molecule has 0 bridgehead atoms. The fourth-order valence-corrected chi connectivity index (χ4v) is 4.44. The van der Waals surface area contributed by atoms with Crippen LogP contribution in [0.5, 0.6) is 0 Å². The third-order valence-corrected chi connectivity index (χ3v) is 7.22. The lowest BCUT2D eigenvalue weighted by Gasteiger charge is -2.26. The number of phosphoric ester groups is 1. The fraction of sp³-hybridized carbons (Fsp3) is 0.643. The van der Waals surface area contributed by atoms with Gasteiger partial charge < -0.3 is 67.5 Å². The van der Waals surface area contributed by atoms with Gasteiger partial charge >= 0.3 is 25.7 Å². The lowest BCUT2D eigenvalue weighted by Crippen LogP contribution is -2.60. The second-order valence-corrected chi connectivity index (χ2v) is 13.3. The third kappa shape index (κ3) is 20.6. The molecule has 0 aliphatic heterocycles. The number of nitrogens with one attached hydrogen (secondary N) is 6. The molecule has 0 aromatic rings. The number of hydrogen-bond donors (Lipinski definition) is 12. The Kier molecular flexibility index (Phi) is 20.6. The summed E-state index contributed by atoms with van der Waals surface area (Å²) in [6, 6.07) is -11.3. The first-order valence-corrected chi connectivity index (χ1v) is 17.3. The van der Waals surface area contributed by atoms with Crippen molar-refractivity contribution in [1.29, 1.82) is 0 Å². The predicted molar refractivity (Wildman–Crippen MR) is 176 cm³/mol. The van der Waals surface area contributed by atoms with Crippen LogP contribution < -0.4 is 37.6 Å². The number of aliphatic carboxylic acids is 3. The van der Waals surface area contributed by atoms with Crippen molar-refractivity contribution >= 4 is 67.5 Å². The Balaban J connectivity index is 6.10. The number of aldehydes is 1.